The van der Waals surface area contributed by atoms with Gasteiger partial charge < -0.3 is 5.32 Å². The van der Waals surface area contributed by atoms with E-state index in [0.29, 0.717) is 6.54 Å². The van der Waals surface area contributed by atoms with Crippen molar-refractivity contribution in [2.24, 2.45) is 5.92 Å². The predicted octanol–water partition coefficient (Wildman–Crippen LogP) is 3.31. The molecule has 2 atom stereocenters. The second-order valence-corrected chi connectivity index (χ2v) is 5.92. The Bertz CT molecular complexity index is 726. The zero-order chi connectivity index (χ0) is 15.7. The van der Waals surface area contributed by atoms with E-state index >= 15 is 0 Å². The van der Waals surface area contributed by atoms with E-state index in [0.717, 1.165) is 22.8 Å². The Labute approximate surface area is 130 Å². The van der Waals surface area contributed by atoms with Crippen LogP contribution >= 0.6 is 0 Å². The van der Waals surface area contributed by atoms with Gasteiger partial charge in [0, 0.05) is 0 Å². The van der Waals surface area contributed by atoms with Crippen molar-refractivity contribution in [2.45, 2.75) is 32.9 Å². The van der Waals surface area contributed by atoms with Crippen molar-refractivity contribution in [3.05, 3.63) is 48.0 Å². The molecule has 2 aromatic rings. The Morgan fingerprint density at radius 2 is 1.86 bits per heavy atom. The molecule has 114 valence electrons. The molecule has 22 heavy (non-hydrogen) atoms. The topological polar surface area (TPSA) is 49.4 Å². The number of nitrogens with one attached hydrogen (secondary N) is 1. The summed E-state index contributed by atoms with van der Waals surface area (Å²) in [4.78, 5) is 25.8. The third-order valence-electron chi connectivity index (χ3n) is 4.42. The summed E-state index contributed by atoms with van der Waals surface area (Å²) in [7, 11) is 0. The summed E-state index contributed by atoms with van der Waals surface area (Å²) < 4.78 is 0. The van der Waals surface area contributed by atoms with Gasteiger partial charge in [-0.15, -0.1) is 0 Å². The molecular formula is C18H20N2O2. The number of urea groups is 1. The molecule has 1 N–H and O–H groups in total. The Morgan fingerprint density at radius 3 is 2.59 bits per heavy atom. The van der Waals surface area contributed by atoms with E-state index in [9.17, 15) is 9.59 Å². The highest BCUT2D eigenvalue weighted by Gasteiger charge is 2.40. The Kier molecular flexibility index (Phi) is 3.84. The number of carbonyl (C=O) groups excluding carboxylic acids is 2. The summed E-state index contributed by atoms with van der Waals surface area (Å²) in [6.45, 7) is 4.33. The summed E-state index contributed by atoms with van der Waals surface area (Å²) in [5.41, 5.74) is 0.965. The summed E-state index contributed by atoms with van der Waals surface area (Å²) in [6, 6.07) is 13.4. The van der Waals surface area contributed by atoms with E-state index in [1.54, 1.807) is 0 Å². The number of nitrogens with zero attached hydrogens (tertiary/aromatic N) is 1. The van der Waals surface area contributed by atoms with Gasteiger partial charge in [-0.1, -0.05) is 56.7 Å². The first-order chi connectivity index (χ1) is 10.6. The van der Waals surface area contributed by atoms with Gasteiger partial charge >= 0.3 is 6.03 Å². The molecule has 0 unspecified atom stereocenters. The molecule has 0 bridgehead atoms. The lowest BCUT2D eigenvalue weighted by Gasteiger charge is -2.16. The average molecular weight is 296 g/mol. The average Bonchev–Trinajstić information content (AvgIpc) is 2.82. The fourth-order valence-corrected chi connectivity index (χ4v) is 2.83. The number of carbonyl (C=O) groups is 2. The Hall–Kier alpha value is -2.36. The zero-order valence-corrected chi connectivity index (χ0v) is 12.9. The van der Waals surface area contributed by atoms with Gasteiger partial charge in [-0.2, -0.15) is 0 Å². The van der Waals surface area contributed by atoms with Crippen molar-refractivity contribution in [1.82, 2.24) is 10.2 Å². The van der Waals surface area contributed by atoms with Gasteiger partial charge in [-0.25, -0.2) is 4.79 Å². The van der Waals surface area contributed by atoms with E-state index in [4.69, 9.17) is 0 Å². The molecule has 1 heterocycles. The molecule has 1 fully saturated rings. The Balaban J connectivity index is 1.82. The van der Waals surface area contributed by atoms with E-state index in [1.165, 1.54) is 4.90 Å². The van der Waals surface area contributed by atoms with Crippen molar-refractivity contribution in [2.75, 3.05) is 0 Å². The van der Waals surface area contributed by atoms with E-state index in [-0.39, 0.29) is 17.9 Å². The predicted molar refractivity (Wildman–Crippen MR) is 86.3 cm³/mol. The van der Waals surface area contributed by atoms with Crippen LogP contribution in [0, 0.1) is 5.92 Å². The highest BCUT2D eigenvalue weighted by atomic mass is 16.2. The Morgan fingerprint density at radius 1 is 1.14 bits per heavy atom. The van der Waals surface area contributed by atoms with Crippen LogP contribution in [0.5, 0.6) is 0 Å². The summed E-state index contributed by atoms with van der Waals surface area (Å²) >= 11 is 0. The van der Waals surface area contributed by atoms with Crippen LogP contribution in [0.1, 0.15) is 25.8 Å². The molecule has 1 saturated heterocycles. The van der Waals surface area contributed by atoms with Crippen molar-refractivity contribution in [1.29, 1.82) is 0 Å². The lowest BCUT2D eigenvalue weighted by Crippen LogP contribution is -2.35. The van der Waals surface area contributed by atoms with Crippen molar-refractivity contribution in [3.8, 4) is 0 Å². The minimum atomic E-state index is -0.391. The number of benzene rings is 2. The lowest BCUT2D eigenvalue weighted by molar-refractivity contribution is -0.128. The van der Waals surface area contributed by atoms with Gasteiger partial charge in [0.05, 0.1) is 6.54 Å². The van der Waals surface area contributed by atoms with Crippen LogP contribution in [-0.4, -0.2) is 22.9 Å². The lowest BCUT2D eigenvalue weighted by atomic mass is 9.99. The summed E-state index contributed by atoms with van der Waals surface area (Å²) in [5, 5.41) is 5.07. The normalized spacial score (nSPS) is 19.5. The molecule has 4 heteroatoms. The van der Waals surface area contributed by atoms with E-state index < -0.39 is 6.04 Å². The van der Waals surface area contributed by atoms with Gasteiger partial charge in [-0.3, -0.25) is 9.69 Å². The van der Waals surface area contributed by atoms with Crippen LogP contribution in [0.25, 0.3) is 10.8 Å². The van der Waals surface area contributed by atoms with Crippen molar-refractivity contribution < 1.29 is 9.59 Å². The molecule has 4 nitrogen and oxygen atoms in total. The molecule has 0 saturated carbocycles. The second-order valence-electron chi connectivity index (χ2n) is 5.92. The molecule has 3 amide bonds. The number of hydrogen-bond donors (Lipinski definition) is 1. The number of fused-ring (bicyclic) bond motifs is 1. The van der Waals surface area contributed by atoms with Gasteiger partial charge in [0.25, 0.3) is 5.91 Å². The number of amides is 3. The molecule has 0 aliphatic carbocycles. The van der Waals surface area contributed by atoms with Crippen molar-refractivity contribution in [3.63, 3.8) is 0 Å². The minimum absolute atomic E-state index is 0.118. The first-order valence-electron chi connectivity index (χ1n) is 7.69. The maximum Gasteiger partial charge on any atom is 0.325 e. The fourth-order valence-electron chi connectivity index (χ4n) is 2.83. The quantitative estimate of drug-likeness (QED) is 0.880. The SMILES string of the molecule is CC[C@H](C)[C@@H]1NC(=O)N(Cc2ccc3ccccc3c2)C1=O. The standard InChI is InChI=1S/C18H20N2O2/c1-3-12(2)16-17(21)20(18(22)19-16)11-13-8-9-14-6-4-5-7-15(14)10-13/h4-10,12,16H,3,11H2,1-2H3,(H,19,22)/t12-,16-/m0/s1. The van der Waals surface area contributed by atoms with Gasteiger partial charge in [-0.05, 0) is 28.3 Å². The van der Waals surface area contributed by atoms with Crippen LogP contribution in [-0.2, 0) is 11.3 Å². The molecule has 1 aliphatic heterocycles. The molecule has 0 aromatic heterocycles. The van der Waals surface area contributed by atoms with Crippen LogP contribution in [0.15, 0.2) is 42.5 Å². The van der Waals surface area contributed by atoms with E-state index in [2.05, 4.69) is 5.32 Å². The zero-order valence-electron chi connectivity index (χ0n) is 12.9. The van der Waals surface area contributed by atoms with Crippen LogP contribution in [0.3, 0.4) is 0 Å². The number of hydrogen-bond acceptors (Lipinski definition) is 2. The maximum absolute atomic E-state index is 12.4. The summed E-state index contributed by atoms with van der Waals surface area (Å²) in [6.07, 6.45) is 0.862. The fraction of sp³-hybridized carbons (Fsp3) is 0.333. The highest BCUT2D eigenvalue weighted by molar-refractivity contribution is 6.04. The van der Waals surface area contributed by atoms with Crippen LogP contribution in [0.2, 0.25) is 0 Å². The number of rotatable bonds is 4. The second kappa shape index (κ2) is 5.79. The molecule has 3 rings (SSSR count). The molecular weight excluding hydrogens is 276 g/mol. The van der Waals surface area contributed by atoms with Crippen LogP contribution in [0.4, 0.5) is 4.79 Å². The van der Waals surface area contributed by atoms with Crippen LogP contribution < -0.4 is 5.32 Å². The largest absolute Gasteiger partial charge is 0.326 e. The molecule has 1 aliphatic rings. The van der Waals surface area contributed by atoms with Crippen molar-refractivity contribution >= 4 is 22.7 Å². The van der Waals surface area contributed by atoms with E-state index in [1.807, 2.05) is 56.3 Å². The minimum Gasteiger partial charge on any atom is -0.326 e. The maximum atomic E-state index is 12.4. The third-order valence-corrected chi connectivity index (χ3v) is 4.42. The summed E-state index contributed by atoms with van der Waals surface area (Å²) in [5.74, 6) is 0.0329. The smallest absolute Gasteiger partial charge is 0.325 e. The first-order valence-corrected chi connectivity index (χ1v) is 7.69. The highest BCUT2D eigenvalue weighted by Crippen LogP contribution is 2.21. The van der Waals surface area contributed by atoms with Gasteiger partial charge in [0.15, 0.2) is 0 Å². The monoisotopic (exact) mass is 296 g/mol. The van der Waals surface area contributed by atoms with Gasteiger partial charge in [0.1, 0.15) is 6.04 Å². The third kappa shape index (κ3) is 2.56. The number of imide groups is 1. The van der Waals surface area contributed by atoms with Gasteiger partial charge in [0.2, 0.25) is 0 Å². The first kappa shape index (κ1) is 14.6. The molecule has 0 spiro atoms. The molecule has 0 radical (unpaired) electrons. The molecule has 2 aromatic carbocycles.